The molecule has 3 aromatic rings. The predicted octanol–water partition coefficient (Wildman–Crippen LogP) is 2.41. The SMILES string of the molecule is Cn1ncc2c(=O)c(C(=O)N3CCCCCC3c3ccncc3)c[nH]c21. The maximum Gasteiger partial charge on any atom is 0.259 e. The van der Waals surface area contributed by atoms with Gasteiger partial charge in [0, 0.05) is 32.2 Å². The summed E-state index contributed by atoms with van der Waals surface area (Å²) in [6.07, 6.45) is 10.5. The lowest BCUT2D eigenvalue weighted by molar-refractivity contribution is 0.0679. The Morgan fingerprint density at radius 2 is 2.04 bits per heavy atom. The molecule has 0 bridgehead atoms. The maximum absolute atomic E-state index is 13.3. The summed E-state index contributed by atoms with van der Waals surface area (Å²) in [5, 5.41) is 4.54. The van der Waals surface area contributed by atoms with E-state index in [0.717, 1.165) is 31.2 Å². The molecule has 26 heavy (non-hydrogen) atoms. The van der Waals surface area contributed by atoms with Gasteiger partial charge in [0.1, 0.15) is 11.2 Å². The highest BCUT2D eigenvalue weighted by molar-refractivity contribution is 5.97. The van der Waals surface area contributed by atoms with Crippen molar-refractivity contribution in [1.82, 2.24) is 24.6 Å². The average Bonchev–Trinajstić information content (AvgIpc) is 2.90. The lowest BCUT2D eigenvalue weighted by Gasteiger charge is -2.30. The van der Waals surface area contributed by atoms with Gasteiger partial charge in [-0.05, 0) is 30.5 Å². The molecule has 0 saturated carbocycles. The number of amides is 1. The normalized spacial score (nSPS) is 18.0. The van der Waals surface area contributed by atoms with Gasteiger partial charge in [0.15, 0.2) is 0 Å². The number of hydrogen-bond acceptors (Lipinski definition) is 4. The molecule has 1 atom stereocenters. The Morgan fingerprint density at radius 1 is 1.23 bits per heavy atom. The van der Waals surface area contributed by atoms with Crippen molar-refractivity contribution in [2.75, 3.05) is 6.54 Å². The lowest BCUT2D eigenvalue weighted by atomic mass is 10.0. The fourth-order valence-electron chi connectivity index (χ4n) is 3.72. The first-order valence-electron chi connectivity index (χ1n) is 8.91. The first-order chi connectivity index (χ1) is 12.7. The Labute approximate surface area is 150 Å². The number of nitrogens with zero attached hydrogens (tertiary/aromatic N) is 4. The van der Waals surface area contributed by atoms with Crippen molar-refractivity contribution in [2.45, 2.75) is 31.7 Å². The zero-order valence-corrected chi connectivity index (χ0v) is 14.7. The van der Waals surface area contributed by atoms with Gasteiger partial charge in [0.25, 0.3) is 5.91 Å². The minimum atomic E-state index is -0.269. The van der Waals surface area contributed by atoms with E-state index in [1.165, 1.54) is 12.4 Å². The van der Waals surface area contributed by atoms with Crippen molar-refractivity contribution < 1.29 is 4.79 Å². The third-order valence-electron chi connectivity index (χ3n) is 5.12. The van der Waals surface area contributed by atoms with Crippen molar-refractivity contribution in [3.8, 4) is 0 Å². The summed E-state index contributed by atoms with van der Waals surface area (Å²) >= 11 is 0. The number of likely N-dealkylation sites (tertiary alicyclic amines) is 1. The molecule has 4 heterocycles. The highest BCUT2D eigenvalue weighted by Crippen LogP contribution is 2.30. The number of pyridine rings is 2. The van der Waals surface area contributed by atoms with Crippen LogP contribution in [0.4, 0.5) is 0 Å². The molecule has 0 radical (unpaired) electrons. The van der Waals surface area contributed by atoms with Crippen LogP contribution in [0.25, 0.3) is 11.0 Å². The molecule has 1 unspecified atom stereocenters. The van der Waals surface area contributed by atoms with E-state index in [-0.39, 0.29) is 22.9 Å². The molecule has 0 aliphatic carbocycles. The van der Waals surface area contributed by atoms with Crippen LogP contribution in [0.15, 0.2) is 41.7 Å². The van der Waals surface area contributed by atoms with Gasteiger partial charge in [-0.2, -0.15) is 5.10 Å². The van der Waals surface area contributed by atoms with Gasteiger partial charge in [0.2, 0.25) is 5.43 Å². The van der Waals surface area contributed by atoms with Crippen molar-refractivity contribution >= 4 is 16.9 Å². The summed E-state index contributed by atoms with van der Waals surface area (Å²) in [4.78, 5) is 35.1. The zero-order valence-electron chi connectivity index (χ0n) is 14.7. The second-order valence-electron chi connectivity index (χ2n) is 6.71. The van der Waals surface area contributed by atoms with E-state index in [1.54, 1.807) is 24.1 Å². The van der Waals surface area contributed by atoms with Crippen molar-refractivity contribution in [1.29, 1.82) is 0 Å². The quantitative estimate of drug-likeness (QED) is 0.768. The summed E-state index contributed by atoms with van der Waals surface area (Å²) in [6, 6.07) is 3.87. The Bertz CT molecular complexity index is 992. The summed E-state index contributed by atoms with van der Waals surface area (Å²) in [5.41, 5.74) is 1.59. The number of hydrogen-bond donors (Lipinski definition) is 1. The molecule has 1 N–H and O–H groups in total. The standard InChI is InChI=1S/C19H21N5O2/c1-23-18-14(12-22-23)17(25)15(11-21-18)19(26)24-10-4-2-3-5-16(24)13-6-8-20-9-7-13/h6-9,11-12,16H,2-5,10H2,1H3,(H,21,25). The molecule has 1 saturated heterocycles. The number of fused-ring (bicyclic) bond motifs is 1. The molecule has 4 rings (SSSR count). The minimum absolute atomic E-state index is 0.0306. The van der Waals surface area contributed by atoms with Crippen molar-refractivity contribution in [3.05, 3.63) is 58.3 Å². The smallest absolute Gasteiger partial charge is 0.259 e. The third-order valence-corrected chi connectivity index (χ3v) is 5.12. The molecule has 0 aromatic carbocycles. The minimum Gasteiger partial charge on any atom is -0.345 e. The van der Waals surface area contributed by atoms with E-state index in [1.807, 2.05) is 17.0 Å². The molecule has 0 spiro atoms. The van der Waals surface area contributed by atoms with E-state index < -0.39 is 0 Å². The first-order valence-corrected chi connectivity index (χ1v) is 8.91. The zero-order chi connectivity index (χ0) is 18.1. The topological polar surface area (TPSA) is 83.9 Å². The highest BCUT2D eigenvalue weighted by Gasteiger charge is 2.29. The summed E-state index contributed by atoms with van der Waals surface area (Å²) in [7, 11) is 1.76. The van der Waals surface area contributed by atoms with Crippen LogP contribution in [-0.2, 0) is 7.05 Å². The summed E-state index contributed by atoms with van der Waals surface area (Å²) in [5.74, 6) is -0.222. The van der Waals surface area contributed by atoms with Gasteiger partial charge in [-0.3, -0.25) is 19.3 Å². The van der Waals surface area contributed by atoms with Crippen LogP contribution in [0.1, 0.15) is 47.6 Å². The molecule has 7 heteroatoms. The molecule has 3 aromatic heterocycles. The van der Waals surface area contributed by atoms with Gasteiger partial charge in [-0.15, -0.1) is 0 Å². The Balaban J connectivity index is 1.75. The van der Waals surface area contributed by atoms with Gasteiger partial charge < -0.3 is 9.88 Å². The van der Waals surface area contributed by atoms with E-state index in [9.17, 15) is 9.59 Å². The molecular formula is C19H21N5O2. The largest absolute Gasteiger partial charge is 0.345 e. The number of rotatable bonds is 2. The van der Waals surface area contributed by atoms with Crippen molar-refractivity contribution in [2.24, 2.45) is 7.05 Å². The highest BCUT2D eigenvalue weighted by atomic mass is 16.2. The van der Waals surface area contributed by atoms with Crippen LogP contribution in [0.2, 0.25) is 0 Å². The lowest BCUT2D eigenvalue weighted by Crippen LogP contribution is -2.37. The average molecular weight is 351 g/mol. The van der Waals surface area contributed by atoms with E-state index >= 15 is 0 Å². The molecule has 1 aliphatic heterocycles. The molecule has 1 fully saturated rings. The summed E-state index contributed by atoms with van der Waals surface area (Å²) < 4.78 is 1.59. The number of aromatic amines is 1. The number of nitrogens with one attached hydrogen (secondary N) is 1. The maximum atomic E-state index is 13.3. The number of aryl methyl sites for hydroxylation is 1. The third kappa shape index (κ3) is 2.79. The number of aromatic nitrogens is 4. The van der Waals surface area contributed by atoms with Gasteiger partial charge in [-0.1, -0.05) is 12.8 Å². The molecule has 1 amide bonds. The van der Waals surface area contributed by atoms with Crippen LogP contribution in [0, 0.1) is 0 Å². The fourth-order valence-corrected chi connectivity index (χ4v) is 3.72. The predicted molar refractivity (Wildman–Crippen MR) is 97.8 cm³/mol. The van der Waals surface area contributed by atoms with Crippen LogP contribution in [0.5, 0.6) is 0 Å². The van der Waals surface area contributed by atoms with Crippen LogP contribution >= 0.6 is 0 Å². The summed E-state index contributed by atoms with van der Waals surface area (Å²) in [6.45, 7) is 0.649. The van der Waals surface area contributed by atoms with Crippen LogP contribution in [-0.4, -0.2) is 37.1 Å². The van der Waals surface area contributed by atoms with Gasteiger partial charge in [0.05, 0.1) is 17.6 Å². The molecular weight excluding hydrogens is 330 g/mol. The number of carbonyl (C=O) groups excluding carboxylic acids is 1. The van der Waals surface area contributed by atoms with Gasteiger partial charge in [-0.25, -0.2) is 0 Å². The van der Waals surface area contributed by atoms with Gasteiger partial charge >= 0.3 is 0 Å². The van der Waals surface area contributed by atoms with Crippen LogP contribution < -0.4 is 5.43 Å². The van der Waals surface area contributed by atoms with E-state index in [4.69, 9.17) is 0 Å². The molecule has 7 nitrogen and oxygen atoms in total. The first kappa shape index (κ1) is 16.5. The Morgan fingerprint density at radius 3 is 2.85 bits per heavy atom. The van der Waals surface area contributed by atoms with Crippen molar-refractivity contribution in [3.63, 3.8) is 0 Å². The second kappa shape index (κ2) is 6.74. The van der Waals surface area contributed by atoms with E-state index in [0.29, 0.717) is 17.6 Å². The Hall–Kier alpha value is -2.96. The second-order valence-corrected chi connectivity index (χ2v) is 6.71. The number of H-pyrrole nitrogens is 1. The fraction of sp³-hybridized carbons (Fsp3) is 0.368. The monoisotopic (exact) mass is 351 g/mol. The number of carbonyl (C=O) groups is 1. The Kier molecular flexibility index (Phi) is 4.28. The molecule has 1 aliphatic rings. The van der Waals surface area contributed by atoms with E-state index in [2.05, 4.69) is 15.1 Å². The molecule has 134 valence electrons. The van der Waals surface area contributed by atoms with Crippen LogP contribution in [0.3, 0.4) is 0 Å².